The third kappa shape index (κ3) is 2.98. The van der Waals surface area contributed by atoms with Crippen LogP contribution in [0.15, 0.2) is 36.7 Å². The summed E-state index contributed by atoms with van der Waals surface area (Å²) < 4.78 is 5.40. The molecule has 4 rings (SSSR count). The molecule has 5 heteroatoms. The van der Waals surface area contributed by atoms with E-state index >= 15 is 0 Å². The van der Waals surface area contributed by atoms with Gasteiger partial charge in [0, 0.05) is 43.0 Å². The third-order valence-electron chi connectivity index (χ3n) is 4.33. The van der Waals surface area contributed by atoms with E-state index in [1.807, 2.05) is 19.3 Å². The second-order valence-corrected chi connectivity index (χ2v) is 5.97. The van der Waals surface area contributed by atoms with Crippen molar-refractivity contribution >= 4 is 11.0 Å². The summed E-state index contributed by atoms with van der Waals surface area (Å²) in [7, 11) is 0. The van der Waals surface area contributed by atoms with Gasteiger partial charge in [-0.2, -0.15) is 0 Å². The Labute approximate surface area is 135 Å². The van der Waals surface area contributed by atoms with Gasteiger partial charge in [-0.15, -0.1) is 0 Å². The van der Waals surface area contributed by atoms with Crippen LogP contribution in [0, 0.1) is 6.92 Å². The van der Waals surface area contributed by atoms with E-state index in [1.54, 1.807) is 0 Å². The molecule has 1 fully saturated rings. The molecule has 0 saturated carbocycles. The maximum Gasteiger partial charge on any atom is 0.141 e. The SMILES string of the molecule is Cc1ncc2c(-c3ccc(CN4CCOCC4)cc3)c[nH]c2n1. The fraction of sp³-hybridized carbons (Fsp3) is 0.333. The number of hydrogen-bond donors (Lipinski definition) is 1. The van der Waals surface area contributed by atoms with Crippen LogP contribution in [0.5, 0.6) is 0 Å². The Bertz CT molecular complexity index is 804. The molecule has 5 nitrogen and oxygen atoms in total. The Morgan fingerprint density at radius 2 is 1.96 bits per heavy atom. The number of nitrogens with zero attached hydrogens (tertiary/aromatic N) is 3. The number of aromatic nitrogens is 3. The summed E-state index contributed by atoms with van der Waals surface area (Å²) in [5, 5.41) is 1.07. The average Bonchev–Trinajstić information content (AvgIpc) is 2.99. The van der Waals surface area contributed by atoms with E-state index in [4.69, 9.17) is 4.74 Å². The van der Waals surface area contributed by atoms with E-state index in [1.165, 1.54) is 11.1 Å². The van der Waals surface area contributed by atoms with Gasteiger partial charge in [-0.3, -0.25) is 4.90 Å². The first kappa shape index (κ1) is 14.4. The number of aromatic amines is 1. The van der Waals surface area contributed by atoms with Gasteiger partial charge in [0.05, 0.1) is 13.2 Å². The van der Waals surface area contributed by atoms with E-state index < -0.39 is 0 Å². The molecule has 3 heterocycles. The number of ether oxygens (including phenoxy) is 1. The monoisotopic (exact) mass is 308 g/mol. The van der Waals surface area contributed by atoms with Crippen molar-refractivity contribution in [2.45, 2.75) is 13.5 Å². The maximum absolute atomic E-state index is 5.40. The molecule has 0 spiro atoms. The van der Waals surface area contributed by atoms with Crippen LogP contribution in [0.1, 0.15) is 11.4 Å². The number of rotatable bonds is 3. The Morgan fingerprint density at radius 1 is 1.17 bits per heavy atom. The second-order valence-electron chi connectivity index (χ2n) is 5.97. The molecule has 0 aliphatic carbocycles. The third-order valence-corrected chi connectivity index (χ3v) is 4.33. The van der Waals surface area contributed by atoms with Crippen LogP contribution >= 0.6 is 0 Å². The first-order chi connectivity index (χ1) is 11.3. The lowest BCUT2D eigenvalue weighted by molar-refractivity contribution is 0.0342. The smallest absolute Gasteiger partial charge is 0.141 e. The maximum atomic E-state index is 5.40. The van der Waals surface area contributed by atoms with Gasteiger partial charge >= 0.3 is 0 Å². The predicted octanol–water partition coefficient (Wildman–Crippen LogP) is 2.77. The van der Waals surface area contributed by atoms with Gasteiger partial charge in [0.1, 0.15) is 11.5 Å². The van der Waals surface area contributed by atoms with Crippen LogP contribution in [-0.2, 0) is 11.3 Å². The zero-order valence-electron chi connectivity index (χ0n) is 13.2. The summed E-state index contributed by atoms with van der Waals surface area (Å²) in [5.74, 6) is 0.784. The molecule has 3 aromatic rings. The molecule has 1 aliphatic rings. The van der Waals surface area contributed by atoms with E-state index in [-0.39, 0.29) is 0 Å². The van der Waals surface area contributed by atoms with Crippen LogP contribution in [0.3, 0.4) is 0 Å². The largest absolute Gasteiger partial charge is 0.379 e. The Balaban J connectivity index is 1.57. The van der Waals surface area contributed by atoms with Gasteiger partial charge in [0.25, 0.3) is 0 Å². The zero-order chi connectivity index (χ0) is 15.6. The van der Waals surface area contributed by atoms with Gasteiger partial charge in [-0.1, -0.05) is 24.3 Å². The first-order valence-corrected chi connectivity index (χ1v) is 8.00. The van der Waals surface area contributed by atoms with Crippen LogP contribution in [0.2, 0.25) is 0 Å². The molecule has 0 radical (unpaired) electrons. The van der Waals surface area contributed by atoms with Crippen LogP contribution in [0.4, 0.5) is 0 Å². The second kappa shape index (κ2) is 6.10. The average molecular weight is 308 g/mol. The van der Waals surface area contributed by atoms with Crippen LogP contribution < -0.4 is 0 Å². The van der Waals surface area contributed by atoms with Crippen molar-refractivity contribution in [1.29, 1.82) is 0 Å². The lowest BCUT2D eigenvalue weighted by atomic mass is 10.0. The van der Waals surface area contributed by atoms with E-state index in [9.17, 15) is 0 Å². The van der Waals surface area contributed by atoms with Crippen molar-refractivity contribution in [3.63, 3.8) is 0 Å². The molecule has 23 heavy (non-hydrogen) atoms. The number of aryl methyl sites for hydroxylation is 1. The topological polar surface area (TPSA) is 54.0 Å². The van der Waals surface area contributed by atoms with Crippen molar-refractivity contribution in [2.75, 3.05) is 26.3 Å². The molecule has 118 valence electrons. The molecule has 2 aromatic heterocycles. The minimum atomic E-state index is 0.784. The van der Waals surface area contributed by atoms with Gasteiger partial charge < -0.3 is 9.72 Å². The van der Waals surface area contributed by atoms with Crippen molar-refractivity contribution < 1.29 is 4.74 Å². The number of fused-ring (bicyclic) bond motifs is 1. The molecule has 0 amide bonds. The van der Waals surface area contributed by atoms with Crippen molar-refractivity contribution in [3.8, 4) is 11.1 Å². The number of nitrogens with one attached hydrogen (secondary N) is 1. The zero-order valence-corrected chi connectivity index (χ0v) is 13.2. The summed E-state index contributed by atoms with van der Waals surface area (Å²) in [6.45, 7) is 6.60. The number of morpholine rings is 1. The quantitative estimate of drug-likeness (QED) is 0.808. The van der Waals surface area contributed by atoms with E-state index in [2.05, 4.69) is 44.1 Å². The Morgan fingerprint density at radius 3 is 2.74 bits per heavy atom. The lowest BCUT2D eigenvalue weighted by Crippen LogP contribution is -2.35. The highest BCUT2D eigenvalue weighted by molar-refractivity contribution is 5.92. The summed E-state index contributed by atoms with van der Waals surface area (Å²) >= 11 is 0. The number of H-pyrrole nitrogens is 1. The Kier molecular flexibility index (Phi) is 3.81. The van der Waals surface area contributed by atoms with Crippen molar-refractivity contribution in [3.05, 3.63) is 48.0 Å². The standard InChI is InChI=1S/C18H20N4O/c1-13-19-11-17-16(10-20-18(17)21-13)15-4-2-14(3-5-15)12-22-6-8-23-9-7-22/h2-5,10-11H,6-9,12H2,1H3,(H,19,20,21). The number of hydrogen-bond acceptors (Lipinski definition) is 4. The van der Waals surface area contributed by atoms with Gasteiger partial charge in [-0.25, -0.2) is 9.97 Å². The summed E-state index contributed by atoms with van der Waals surface area (Å²) in [6.07, 6.45) is 3.90. The highest BCUT2D eigenvalue weighted by Gasteiger charge is 2.11. The van der Waals surface area contributed by atoms with Gasteiger partial charge in [-0.05, 0) is 18.1 Å². The molecule has 0 bridgehead atoms. The van der Waals surface area contributed by atoms with Crippen LogP contribution in [0.25, 0.3) is 22.2 Å². The lowest BCUT2D eigenvalue weighted by Gasteiger charge is -2.26. The Hall–Kier alpha value is -2.24. The molecule has 1 aromatic carbocycles. The molecule has 0 atom stereocenters. The molecule has 0 unspecified atom stereocenters. The highest BCUT2D eigenvalue weighted by atomic mass is 16.5. The fourth-order valence-corrected chi connectivity index (χ4v) is 3.04. The first-order valence-electron chi connectivity index (χ1n) is 8.00. The molecule has 1 saturated heterocycles. The van der Waals surface area contributed by atoms with Crippen molar-refractivity contribution in [1.82, 2.24) is 19.9 Å². The van der Waals surface area contributed by atoms with Crippen LogP contribution in [-0.4, -0.2) is 46.2 Å². The minimum Gasteiger partial charge on any atom is -0.379 e. The van der Waals surface area contributed by atoms with E-state index in [0.717, 1.165) is 55.3 Å². The predicted molar refractivity (Wildman–Crippen MR) is 90.2 cm³/mol. The summed E-state index contributed by atoms with van der Waals surface area (Å²) in [5.41, 5.74) is 4.57. The molecule has 1 aliphatic heterocycles. The van der Waals surface area contributed by atoms with Crippen molar-refractivity contribution in [2.24, 2.45) is 0 Å². The minimum absolute atomic E-state index is 0.784. The molecule has 1 N–H and O–H groups in total. The fourth-order valence-electron chi connectivity index (χ4n) is 3.04. The van der Waals surface area contributed by atoms with E-state index in [0.29, 0.717) is 0 Å². The molecular weight excluding hydrogens is 288 g/mol. The van der Waals surface area contributed by atoms with Gasteiger partial charge in [0.15, 0.2) is 0 Å². The van der Waals surface area contributed by atoms with Gasteiger partial charge in [0.2, 0.25) is 0 Å². The number of benzene rings is 1. The molecular formula is C18H20N4O. The highest BCUT2D eigenvalue weighted by Crippen LogP contribution is 2.27. The summed E-state index contributed by atoms with van der Waals surface area (Å²) in [6, 6.07) is 8.77. The summed E-state index contributed by atoms with van der Waals surface area (Å²) in [4.78, 5) is 14.4. The normalized spacial score (nSPS) is 16.0.